The van der Waals surface area contributed by atoms with Gasteiger partial charge < -0.3 is 0 Å². The summed E-state index contributed by atoms with van der Waals surface area (Å²) in [4.78, 5) is 4.79. The van der Waals surface area contributed by atoms with E-state index in [1.165, 1.54) is 0 Å². The topological polar surface area (TPSA) is 43.1 Å². The largest absolute Gasteiger partial charge is 0.280 e. The van der Waals surface area contributed by atoms with Crippen LogP contribution in [0.5, 0.6) is 0 Å². The summed E-state index contributed by atoms with van der Waals surface area (Å²) >= 11 is 9.60. The van der Waals surface area contributed by atoms with Crippen molar-refractivity contribution in [3.8, 4) is 5.69 Å². The molecule has 0 unspecified atom stereocenters. The Morgan fingerprint density at radius 1 is 1.09 bits per heavy atom. The van der Waals surface area contributed by atoms with Crippen LogP contribution in [-0.4, -0.2) is 20.5 Å². The van der Waals surface area contributed by atoms with Crippen LogP contribution in [-0.2, 0) is 12.4 Å². The molecule has 3 aromatic rings. The summed E-state index contributed by atoms with van der Waals surface area (Å²) < 4.78 is 3.00. The highest BCUT2D eigenvalue weighted by Gasteiger charge is 2.22. The summed E-state index contributed by atoms with van der Waals surface area (Å²) in [5, 5.41) is 8.43. The van der Waals surface area contributed by atoms with Gasteiger partial charge in [0.1, 0.15) is 6.54 Å². The van der Waals surface area contributed by atoms with Gasteiger partial charge in [-0.05, 0) is 18.2 Å². The molecule has 1 aromatic heterocycles. The number of hydrogen-bond donors (Lipinski definition) is 0. The van der Waals surface area contributed by atoms with E-state index >= 15 is 0 Å². The predicted octanol–water partition coefficient (Wildman–Crippen LogP) is 4.12. The first-order valence-electron chi connectivity index (χ1n) is 7.17. The molecule has 0 fully saturated rings. The minimum absolute atomic E-state index is 0.305. The van der Waals surface area contributed by atoms with Crippen LogP contribution in [0.25, 0.3) is 5.69 Å². The fourth-order valence-corrected chi connectivity index (χ4v) is 3.31. The fraction of sp³-hybridized carbons (Fsp3) is 0.118. The number of aliphatic imine (C=N–C) groups is 1. The molecule has 0 N–H and O–H groups in total. The Kier molecular flexibility index (Phi) is 3.75. The first kappa shape index (κ1) is 14.6. The van der Waals surface area contributed by atoms with Crippen molar-refractivity contribution in [1.29, 1.82) is 0 Å². The highest BCUT2D eigenvalue weighted by Crippen LogP contribution is 2.28. The molecule has 4 nitrogen and oxygen atoms in total. The van der Waals surface area contributed by atoms with Gasteiger partial charge in [-0.3, -0.25) is 9.56 Å². The maximum absolute atomic E-state index is 6.05. The molecule has 2 heterocycles. The Hall–Kier alpha value is -1.98. The van der Waals surface area contributed by atoms with Crippen molar-refractivity contribution in [3.63, 3.8) is 0 Å². The summed E-state index contributed by atoms with van der Waals surface area (Å²) in [7, 11) is 0. The minimum atomic E-state index is 0.305. The molecule has 0 saturated heterocycles. The smallest absolute Gasteiger partial charge is 0.159 e. The third kappa shape index (κ3) is 2.50. The lowest BCUT2D eigenvalue weighted by molar-refractivity contribution is 0.858. The first-order chi connectivity index (χ1) is 11.3. The van der Waals surface area contributed by atoms with Crippen LogP contribution in [0.3, 0.4) is 0 Å². The van der Waals surface area contributed by atoms with Gasteiger partial charge in [0.2, 0.25) is 0 Å². The molecule has 0 aliphatic carbocycles. The van der Waals surface area contributed by atoms with Crippen LogP contribution in [0.4, 0.5) is 0 Å². The van der Waals surface area contributed by atoms with E-state index in [-0.39, 0.29) is 0 Å². The van der Waals surface area contributed by atoms with E-state index in [9.17, 15) is 0 Å². The summed E-state index contributed by atoms with van der Waals surface area (Å²) in [6.07, 6.45) is 0. The second kappa shape index (κ2) is 5.91. The molecule has 114 valence electrons. The van der Waals surface area contributed by atoms with Crippen molar-refractivity contribution >= 4 is 33.2 Å². The standard InChI is InChI=1S/C17H12BrClN4/c18-12-6-7-13-14(8-12)23-15(9-19)21-22-16(23)10-20-17(13)11-4-2-1-3-5-11/h1-8H,9-10H2. The third-order valence-electron chi connectivity index (χ3n) is 3.80. The van der Waals surface area contributed by atoms with E-state index in [0.717, 1.165) is 38.6 Å². The number of alkyl halides is 1. The number of fused-ring (bicyclic) bond motifs is 3. The molecule has 6 heteroatoms. The monoisotopic (exact) mass is 386 g/mol. The van der Waals surface area contributed by atoms with Crippen molar-refractivity contribution in [2.45, 2.75) is 12.4 Å². The maximum atomic E-state index is 6.05. The van der Waals surface area contributed by atoms with E-state index in [4.69, 9.17) is 16.6 Å². The Balaban J connectivity index is 2.00. The van der Waals surface area contributed by atoms with E-state index in [0.29, 0.717) is 12.4 Å². The van der Waals surface area contributed by atoms with Gasteiger partial charge in [-0.15, -0.1) is 21.8 Å². The molecule has 2 aromatic carbocycles. The number of rotatable bonds is 2. The normalized spacial score (nSPS) is 13.0. The van der Waals surface area contributed by atoms with Gasteiger partial charge in [-0.1, -0.05) is 46.3 Å². The molecule has 0 amide bonds. The highest BCUT2D eigenvalue weighted by atomic mass is 79.9. The van der Waals surface area contributed by atoms with Gasteiger partial charge in [0.15, 0.2) is 11.6 Å². The quantitative estimate of drug-likeness (QED) is 0.621. The zero-order chi connectivity index (χ0) is 15.8. The zero-order valence-corrected chi connectivity index (χ0v) is 14.4. The SMILES string of the molecule is ClCc1nnc2n1-c1cc(Br)ccc1C(c1ccccc1)=NC2. The van der Waals surface area contributed by atoms with E-state index in [1.54, 1.807) is 0 Å². The molecule has 1 aliphatic heterocycles. The zero-order valence-electron chi connectivity index (χ0n) is 12.1. The molecule has 0 spiro atoms. The van der Waals surface area contributed by atoms with Crippen LogP contribution in [0.15, 0.2) is 58.0 Å². The Bertz CT molecular complexity index is 902. The molecule has 1 aliphatic rings. The van der Waals surface area contributed by atoms with E-state index < -0.39 is 0 Å². The van der Waals surface area contributed by atoms with Gasteiger partial charge in [0, 0.05) is 15.6 Å². The summed E-state index contributed by atoms with van der Waals surface area (Å²) in [5.41, 5.74) is 4.08. The third-order valence-corrected chi connectivity index (χ3v) is 4.53. The number of benzene rings is 2. The van der Waals surface area contributed by atoms with Crippen LogP contribution >= 0.6 is 27.5 Å². The molecule has 0 radical (unpaired) electrons. The molecule has 23 heavy (non-hydrogen) atoms. The van der Waals surface area contributed by atoms with Crippen molar-refractivity contribution in [3.05, 3.63) is 75.8 Å². The lowest BCUT2D eigenvalue weighted by Crippen LogP contribution is -2.09. The number of halogens is 2. The van der Waals surface area contributed by atoms with Crippen LogP contribution in [0.1, 0.15) is 22.8 Å². The predicted molar refractivity (Wildman–Crippen MR) is 94.4 cm³/mol. The van der Waals surface area contributed by atoms with Crippen LogP contribution in [0.2, 0.25) is 0 Å². The molecule has 0 saturated carbocycles. The Morgan fingerprint density at radius 2 is 1.91 bits per heavy atom. The molecule has 0 bridgehead atoms. The highest BCUT2D eigenvalue weighted by molar-refractivity contribution is 9.10. The fourth-order valence-electron chi connectivity index (χ4n) is 2.79. The molecule has 0 atom stereocenters. The number of aromatic nitrogens is 3. The molecular weight excluding hydrogens is 376 g/mol. The molecule has 4 rings (SSSR count). The number of nitrogens with zero attached hydrogens (tertiary/aromatic N) is 4. The Labute approximate surface area is 147 Å². The second-order valence-corrected chi connectivity index (χ2v) is 6.38. The van der Waals surface area contributed by atoms with Gasteiger partial charge in [-0.25, -0.2) is 0 Å². The average Bonchev–Trinajstić information content (AvgIpc) is 2.93. The maximum Gasteiger partial charge on any atom is 0.159 e. The second-order valence-electron chi connectivity index (χ2n) is 5.19. The van der Waals surface area contributed by atoms with Crippen LogP contribution in [0, 0.1) is 0 Å². The van der Waals surface area contributed by atoms with Crippen molar-refractivity contribution in [2.75, 3.05) is 0 Å². The lowest BCUT2D eigenvalue weighted by Gasteiger charge is -2.13. The van der Waals surface area contributed by atoms with Gasteiger partial charge in [0.25, 0.3) is 0 Å². The summed E-state index contributed by atoms with van der Waals surface area (Å²) in [5.74, 6) is 1.83. The Morgan fingerprint density at radius 3 is 2.70 bits per heavy atom. The molecular formula is C17H12BrClN4. The van der Waals surface area contributed by atoms with Crippen LogP contribution < -0.4 is 0 Å². The van der Waals surface area contributed by atoms with Crippen molar-refractivity contribution < 1.29 is 0 Å². The number of hydrogen-bond acceptors (Lipinski definition) is 3. The van der Waals surface area contributed by atoms with Crippen molar-refractivity contribution in [1.82, 2.24) is 14.8 Å². The van der Waals surface area contributed by atoms with E-state index in [1.807, 2.05) is 28.8 Å². The lowest BCUT2D eigenvalue weighted by atomic mass is 10.0. The summed E-state index contributed by atoms with van der Waals surface area (Å²) in [6.45, 7) is 0.473. The van der Waals surface area contributed by atoms with Crippen molar-refractivity contribution in [2.24, 2.45) is 4.99 Å². The van der Waals surface area contributed by atoms with Gasteiger partial charge in [-0.2, -0.15) is 0 Å². The van der Waals surface area contributed by atoms with Gasteiger partial charge in [0.05, 0.1) is 17.3 Å². The summed E-state index contributed by atoms with van der Waals surface area (Å²) in [6, 6.07) is 16.3. The first-order valence-corrected chi connectivity index (χ1v) is 8.50. The van der Waals surface area contributed by atoms with E-state index in [2.05, 4.69) is 50.4 Å². The minimum Gasteiger partial charge on any atom is -0.280 e. The average molecular weight is 388 g/mol. The van der Waals surface area contributed by atoms with Gasteiger partial charge >= 0.3 is 0 Å².